The van der Waals surface area contributed by atoms with Crippen LogP contribution in [0.15, 0.2) is 41.0 Å². The largest absolute Gasteiger partial charge is 0.462 e. The van der Waals surface area contributed by atoms with Gasteiger partial charge < -0.3 is 14.1 Å². The molecule has 0 bridgehead atoms. The van der Waals surface area contributed by atoms with Crippen LogP contribution in [0.3, 0.4) is 0 Å². The molecule has 3 aromatic rings. The third-order valence-electron chi connectivity index (χ3n) is 2.75. The molecule has 5 heteroatoms. The first-order valence-electron chi connectivity index (χ1n) is 5.98. The average molecular weight is 256 g/mol. The number of nitrogens with zero attached hydrogens (tertiary/aromatic N) is 1. The van der Waals surface area contributed by atoms with Crippen LogP contribution in [0.2, 0.25) is 0 Å². The molecule has 0 aliphatic rings. The molecule has 2 heterocycles. The Bertz CT molecular complexity index is 713. The number of rotatable bonds is 3. The van der Waals surface area contributed by atoms with Crippen molar-refractivity contribution in [1.82, 2.24) is 9.97 Å². The lowest BCUT2D eigenvalue weighted by molar-refractivity contribution is 0.0526. The van der Waals surface area contributed by atoms with Crippen LogP contribution < -0.4 is 0 Å². The number of H-pyrrole nitrogens is 1. The number of nitrogens with one attached hydrogen (secondary N) is 1. The van der Waals surface area contributed by atoms with E-state index < -0.39 is 0 Å². The summed E-state index contributed by atoms with van der Waals surface area (Å²) in [5.41, 5.74) is 2.06. The van der Waals surface area contributed by atoms with E-state index in [1.165, 1.54) is 0 Å². The number of furan rings is 1. The van der Waals surface area contributed by atoms with Crippen LogP contribution >= 0.6 is 0 Å². The Hall–Kier alpha value is -2.56. The van der Waals surface area contributed by atoms with Crippen molar-refractivity contribution in [3.63, 3.8) is 0 Å². The van der Waals surface area contributed by atoms with Crippen molar-refractivity contribution in [2.24, 2.45) is 0 Å². The van der Waals surface area contributed by atoms with Gasteiger partial charge >= 0.3 is 5.97 Å². The van der Waals surface area contributed by atoms with E-state index in [0.29, 0.717) is 23.8 Å². The molecule has 0 aliphatic carbocycles. The van der Waals surface area contributed by atoms with Crippen LogP contribution in [0.1, 0.15) is 17.3 Å². The van der Waals surface area contributed by atoms with E-state index in [1.807, 2.05) is 6.07 Å². The predicted molar refractivity (Wildman–Crippen MR) is 69.8 cm³/mol. The summed E-state index contributed by atoms with van der Waals surface area (Å²) in [6, 6.07) is 8.83. The second-order valence-electron chi connectivity index (χ2n) is 4.02. The highest BCUT2D eigenvalue weighted by Crippen LogP contribution is 2.21. The zero-order valence-electron chi connectivity index (χ0n) is 10.3. The summed E-state index contributed by atoms with van der Waals surface area (Å²) in [5.74, 6) is 0.966. The number of esters is 1. The highest BCUT2D eigenvalue weighted by atomic mass is 16.5. The van der Waals surface area contributed by atoms with Crippen LogP contribution in [-0.2, 0) is 4.74 Å². The molecule has 19 heavy (non-hydrogen) atoms. The Balaban J connectivity index is 2.02. The summed E-state index contributed by atoms with van der Waals surface area (Å²) in [6.07, 6.45) is 1.59. The number of hydrogen-bond donors (Lipinski definition) is 1. The fraction of sp³-hybridized carbons (Fsp3) is 0.143. The van der Waals surface area contributed by atoms with Gasteiger partial charge in [-0.3, -0.25) is 0 Å². The monoisotopic (exact) mass is 256 g/mol. The number of aromatic amines is 1. The number of benzene rings is 1. The standard InChI is InChI=1S/C14H12N2O3/c1-2-18-14(17)9-5-6-10-11(8-9)16-13(15-10)12-4-3-7-19-12/h3-8H,2H2,1H3,(H,15,16). The van der Waals surface area contributed by atoms with Crippen LogP contribution in [0.4, 0.5) is 0 Å². The molecule has 0 fully saturated rings. The Kier molecular flexibility index (Phi) is 2.79. The molecule has 1 aromatic carbocycles. The van der Waals surface area contributed by atoms with Crippen molar-refractivity contribution in [1.29, 1.82) is 0 Å². The number of aromatic nitrogens is 2. The number of carbonyl (C=O) groups is 1. The maximum atomic E-state index is 11.6. The Morgan fingerprint density at radius 2 is 2.32 bits per heavy atom. The maximum Gasteiger partial charge on any atom is 0.338 e. The van der Waals surface area contributed by atoms with Gasteiger partial charge in [-0.05, 0) is 37.3 Å². The van der Waals surface area contributed by atoms with E-state index in [0.717, 1.165) is 11.0 Å². The first-order valence-corrected chi connectivity index (χ1v) is 5.98. The van der Waals surface area contributed by atoms with Crippen molar-refractivity contribution in [3.05, 3.63) is 42.2 Å². The smallest absolute Gasteiger partial charge is 0.338 e. The molecule has 0 spiro atoms. The molecule has 0 aliphatic heterocycles. The maximum absolute atomic E-state index is 11.6. The molecule has 3 rings (SSSR count). The van der Waals surface area contributed by atoms with Gasteiger partial charge in [0.1, 0.15) is 0 Å². The second kappa shape index (κ2) is 4.61. The van der Waals surface area contributed by atoms with Gasteiger partial charge in [-0.15, -0.1) is 0 Å². The van der Waals surface area contributed by atoms with Gasteiger partial charge in [0.25, 0.3) is 0 Å². The normalized spacial score (nSPS) is 10.8. The van der Waals surface area contributed by atoms with Crippen LogP contribution in [0.5, 0.6) is 0 Å². The minimum atomic E-state index is -0.335. The number of hydrogen-bond acceptors (Lipinski definition) is 4. The van der Waals surface area contributed by atoms with Gasteiger partial charge in [0.2, 0.25) is 0 Å². The molecule has 0 atom stereocenters. The Morgan fingerprint density at radius 3 is 3.05 bits per heavy atom. The summed E-state index contributed by atoms with van der Waals surface area (Å²) < 4.78 is 10.2. The van der Waals surface area contributed by atoms with Gasteiger partial charge in [0.15, 0.2) is 11.6 Å². The summed E-state index contributed by atoms with van der Waals surface area (Å²) in [5, 5.41) is 0. The van der Waals surface area contributed by atoms with Crippen LogP contribution in [0, 0.1) is 0 Å². The van der Waals surface area contributed by atoms with Crippen molar-refractivity contribution in [2.75, 3.05) is 6.61 Å². The van der Waals surface area contributed by atoms with Gasteiger partial charge in [0.05, 0.1) is 29.5 Å². The summed E-state index contributed by atoms with van der Waals surface area (Å²) in [7, 11) is 0. The number of ether oxygens (including phenoxy) is 1. The zero-order valence-corrected chi connectivity index (χ0v) is 10.3. The minimum absolute atomic E-state index is 0.335. The fourth-order valence-electron chi connectivity index (χ4n) is 1.88. The highest BCUT2D eigenvalue weighted by molar-refractivity contribution is 5.94. The Labute approximate surface area is 109 Å². The molecule has 0 amide bonds. The van der Waals surface area contributed by atoms with E-state index in [1.54, 1.807) is 37.5 Å². The quantitative estimate of drug-likeness (QED) is 0.731. The molecule has 2 aromatic heterocycles. The molecule has 0 saturated heterocycles. The molecular formula is C14H12N2O3. The molecule has 5 nitrogen and oxygen atoms in total. The predicted octanol–water partition coefficient (Wildman–Crippen LogP) is 3.00. The van der Waals surface area contributed by atoms with E-state index >= 15 is 0 Å². The van der Waals surface area contributed by atoms with E-state index in [2.05, 4.69) is 9.97 Å². The SMILES string of the molecule is CCOC(=O)c1ccc2nc(-c3ccco3)[nH]c2c1. The van der Waals surface area contributed by atoms with Gasteiger partial charge in [-0.1, -0.05) is 0 Å². The van der Waals surface area contributed by atoms with Crippen LogP contribution in [-0.4, -0.2) is 22.5 Å². The highest BCUT2D eigenvalue weighted by Gasteiger charge is 2.11. The third kappa shape index (κ3) is 2.10. The van der Waals surface area contributed by atoms with Crippen molar-refractivity contribution in [2.45, 2.75) is 6.92 Å². The fourth-order valence-corrected chi connectivity index (χ4v) is 1.88. The number of imidazole rings is 1. The number of carbonyl (C=O) groups excluding carboxylic acids is 1. The van der Waals surface area contributed by atoms with Gasteiger partial charge in [0, 0.05) is 0 Å². The molecule has 0 radical (unpaired) electrons. The van der Waals surface area contributed by atoms with Crippen molar-refractivity contribution in [3.8, 4) is 11.6 Å². The summed E-state index contributed by atoms with van der Waals surface area (Å²) in [6.45, 7) is 2.14. The lowest BCUT2D eigenvalue weighted by Crippen LogP contribution is -2.04. The first kappa shape index (κ1) is 11.5. The molecule has 1 N–H and O–H groups in total. The zero-order chi connectivity index (χ0) is 13.2. The lowest BCUT2D eigenvalue weighted by Gasteiger charge is -2.00. The summed E-state index contributed by atoms with van der Waals surface area (Å²) in [4.78, 5) is 19.2. The molecule has 0 saturated carbocycles. The van der Waals surface area contributed by atoms with Crippen LogP contribution in [0.25, 0.3) is 22.6 Å². The van der Waals surface area contributed by atoms with Gasteiger partial charge in [-0.2, -0.15) is 0 Å². The topological polar surface area (TPSA) is 68.1 Å². The lowest BCUT2D eigenvalue weighted by atomic mass is 10.2. The Morgan fingerprint density at radius 1 is 1.42 bits per heavy atom. The summed E-state index contributed by atoms with van der Waals surface area (Å²) >= 11 is 0. The minimum Gasteiger partial charge on any atom is -0.462 e. The first-order chi connectivity index (χ1) is 9.28. The van der Waals surface area contributed by atoms with E-state index in [4.69, 9.17) is 9.15 Å². The van der Waals surface area contributed by atoms with Gasteiger partial charge in [-0.25, -0.2) is 9.78 Å². The van der Waals surface area contributed by atoms with E-state index in [9.17, 15) is 4.79 Å². The molecular weight excluding hydrogens is 244 g/mol. The third-order valence-corrected chi connectivity index (χ3v) is 2.75. The molecule has 0 unspecified atom stereocenters. The number of fused-ring (bicyclic) bond motifs is 1. The van der Waals surface area contributed by atoms with Crippen molar-refractivity contribution >= 4 is 17.0 Å². The van der Waals surface area contributed by atoms with E-state index in [-0.39, 0.29) is 5.97 Å². The van der Waals surface area contributed by atoms with Crippen molar-refractivity contribution < 1.29 is 13.9 Å². The second-order valence-corrected chi connectivity index (χ2v) is 4.02. The molecule has 96 valence electrons. The average Bonchev–Trinajstić information content (AvgIpc) is 3.07.